The van der Waals surface area contributed by atoms with E-state index in [0.717, 1.165) is 24.2 Å². The molecule has 13 nitrogen and oxygen atoms in total. The Morgan fingerprint density at radius 2 is 0.673 bits per heavy atom. The smallest absolute Gasteiger partial charge is 0.308 e. The van der Waals surface area contributed by atoms with Crippen LogP contribution < -0.4 is 5.32 Å². The van der Waals surface area contributed by atoms with Gasteiger partial charge in [-0.1, -0.05) is 60.7 Å². The van der Waals surface area contributed by atoms with Gasteiger partial charge in [0, 0.05) is 13.1 Å². The van der Waals surface area contributed by atoms with Crippen LogP contribution in [-0.4, -0.2) is 131 Å². The molecule has 2 rings (SSSR count). The van der Waals surface area contributed by atoms with Gasteiger partial charge in [0.15, 0.2) is 0 Å². The molecule has 0 atom stereocenters. The number of benzene rings is 2. The summed E-state index contributed by atoms with van der Waals surface area (Å²) in [6, 6.07) is 19.1. The summed E-state index contributed by atoms with van der Waals surface area (Å²) < 4.78 is 54.1. The maximum atomic E-state index is 11.7. The molecule has 0 aliphatic rings. The highest BCUT2D eigenvalue weighted by Gasteiger charge is 2.05. The molecule has 0 fully saturated rings. The first-order valence-corrected chi connectivity index (χ1v) is 17.0. The van der Waals surface area contributed by atoms with Gasteiger partial charge in [0.1, 0.15) is 13.2 Å². The van der Waals surface area contributed by atoms with Gasteiger partial charge in [-0.15, -0.1) is 0 Å². The van der Waals surface area contributed by atoms with Crippen LogP contribution in [-0.2, 0) is 70.2 Å². The predicted octanol–water partition coefficient (Wildman–Crippen LogP) is 2.98. The van der Waals surface area contributed by atoms with Crippen LogP contribution >= 0.6 is 0 Å². The van der Waals surface area contributed by atoms with Crippen LogP contribution in [0.4, 0.5) is 0 Å². The maximum absolute atomic E-state index is 11.7. The van der Waals surface area contributed by atoms with Gasteiger partial charge in [-0.25, -0.2) is 0 Å². The summed E-state index contributed by atoms with van der Waals surface area (Å²) in [5.74, 6) is -0.563. The van der Waals surface area contributed by atoms with Crippen molar-refractivity contribution in [3.8, 4) is 0 Å². The zero-order valence-electron chi connectivity index (χ0n) is 28.7. The third kappa shape index (κ3) is 27.5. The van der Waals surface area contributed by atoms with E-state index in [1.807, 2.05) is 60.7 Å². The minimum absolute atomic E-state index is 0.214. The van der Waals surface area contributed by atoms with Crippen LogP contribution in [0.5, 0.6) is 0 Å². The summed E-state index contributed by atoms with van der Waals surface area (Å²) in [6.07, 6.45) is 0.429. The Labute approximate surface area is 290 Å². The van der Waals surface area contributed by atoms with Crippen LogP contribution in [0, 0.1) is 0 Å². The van der Waals surface area contributed by atoms with Crippen LogP contribution in [0.2, 0.25) is 0 Å². The number of ether oxygens (including phenoxy) is 10. The van der Waals surface area contributed by atoms with Crippen molar-refractivity contribution in [2.45, 2.75) is 26.1 Å². The average Bonchev–Trinajstić information content (AvgIpc) is 3.13. The van der Waals surface area contributed by atoms with E-state index in [-0.39, 0.29) is 38.0 Å². The number of hydrogen-bond acceptors (Lipinski definition) is 13. The van der Waals surface area contributed by atoms with E-state index in [9.17, 15) is 9.59 Å². The van der Waals surface area contributed by atoms with Crippen molar-refractivity contribution in [2.24, 2.45) is 0 Å². The molecule has 0 amide bonds. The van der Waals surface area contributed by atoms with E-state index < -0.39 is 0 Å². The summed E-state index contributed by atoms with van der Waals surface area (Å²) in [5, 5.41) is 3.26. The first kappa shape index (κ1) is 42.2. The first-order chi connectivity index (χ1) is 24.2. The van der Waals surface area contributed by atoms with Crippen molar-refractivity contribution >= 4 is 11.9 Å². The Balaban J connectivity index is 1.16. The van der Waals surface area contributed by atoms with Crippen molar-refractivity contribution in [1.29, 1.82) is 0 Å². The highest BCUT2D eigenvalue weighted by Crippen LogP contribution is 2.03. The minimum atomic E-state index is -0.282. The van der Waals surface area contributed by atoms with Gasteiger partial charge in [-0.05, 0) is 11.1 Å². The topological polar surface area (TPSA) is 138 Å². The lowest BCUT2D eigenvalue weighted by Crippen LogP contribution is -2.25. The van der Waals surface area contributed by atoms with Crippen LogP contribution in [0.3, 0.4) is 0 Å². The lowest BCUT2D eigenvalue weighted by molar-refractivity contribution is -0.147. The Morgan fingerprint density at radius 1 is 0.388 bits per heavy atom. The predicted molar refractivity (Wildman–Crippen MR) is 181 cm³/mol. The summed E-state index contributed by atoms with van der Waals surface area (Å²) >= 11 is 0. The molecule has 0 bridgehead atoms. The third-order valence-electron chi connectivity index (χ3n) is 6.46. The van der Waals surface area contributed by atoms with Gasteiger partial charge in [-0.3, -0.25) is 9.59 Å². The average molecular weight is 694 g/mol. The fourth-order valence-corrected chi connectivity index (χ4v) is 3.87. The Bertz CT molecular complexity index is 950. The molecule has 2 aromatic carbocycles. The molecule has 1 N–H and O–H groups in total. The van der Waals surface area contributed by atoms with E-state index in [1.165, 1.54) is 0 Å². The number of esters is 2. The summed E-state index contributed by atoms with van der Waals surface area (Å²) in [4.78, 5) is 23.4. The molecule has 0 aromatic heterocycles. The molecule has 0 aliphatic carbocycles. The molecule has 49 heavy (non-hydrogen) atoms. The molecule has 0 saturated heterocycles. The normalized spacial score (nSPS) is 11.1. The van der Waals surface area contributed by atoms with Crippen molar-refractivity contribution < 1.29 is 57.0 Å². The largest absolute Gasteiger partial charge is 0.461 e. The Hall–Kier alpha value is -2.98. The Morgan fingerprint density at radius 3 is 1.00 bits per heavy atom. The molecule has 13 heteroatoms. The van der Waals surface area contributed by atoms with Crippen LogP contribution in [0.15, 0.2) is 60.7 Å². The second-order valence-electron chi connectivity index (χ2n) is 10.4. The van der Waals surface area contributed by atoms with Crippen molar-refractivity contribution in [2.75, 3.05) is 119 Å². The quantitative estimate of drug-likeness (QED) is 0.0850. The second kappa shape index (κ2) is 32.2. The van der Waals surface area contributed by atoms with Gasteiger partial charge < -0.3 is 52.7 Å². The van der Waals surface area contributed by atoms with Crippen molar-refractivity contribution in [3.63, 3.8) is 0 Å². The van der Waals surface area contributed by atoms with Gasteiger partial charge in [0.2, 0.25) is 0 Å². The maximum Gasteiger partial charge on any atom is 0.308 e. The second-order valence-corrected chi connectivity index (χ2v) is 10.4. The fraction of sp³-hybridized carbons (Fsp3) is 0.611. The molecular formula is C36H55NO12. The van der Waals surface area contributed by atoms with Crippen LogP contribution in [0.25, 0.3) is 0 Å². The summed E-state index contributed by atoms with van der Waals surface area (Å²) in [6.45, 7) is 9.42. The standard InChI is InChI=1S/C36H55NO12/c38-35(48-31-33-7-3-1-4-8-33)11-15-40-19-23-44-27-29-46-25-21-42-17-13-37-14-18-43-22-26-47-30-28-45-24-20-41-16-12-36(39)49-32-34-9-5-2-6-10-34/h1-10,37H,11-32H2. The van der Waals surface area contributed by atoms with Gasteiger partial charge in [-0.2, -0.15) is 0 Å². The fourth-order valence-electron chi connectivity index (χ4n) is 3.87. The number of nitrogens with one attached hydrogen (secondary N) is 1. The van der Waals surface area contributed by atoms with E-state index in [0.29, 0.717) is 106 Å². The lowest BCUT2D eigenvalue weighted by Gasteiger charge is -2.09. The minimum Gasteiger partial charge on any atom is -0.461 e. The first-order valence-electron chi connectivity index (χ1n) is 17.0. The van der Waals surface area contributed by atoms with Gasteiger partial charge in [0.25, 0.3) is 0 Å². The number of carbonyl (C=O) groups excluding carboxylic acids is 2. The van der Waals surface area contributed by atoms with Crippen LogP contribution in [0.1, 0.15) is 24.0 Å². The van der Waals surface area contributed by atoms with E-state index in [4.69, 9.17) is 47.4 Å². The third-order valence-corrected chi connectivity index (χ3v) is 6.46. The SMILES string of the molecule is O=C(CCOCCOCCOCCOCCNCCOCCOCCOCCOCCC(=O)OCc1ccccc1)OCc1ccccc1. The molecule has 276 valence electrons. The Kier molecular flexibility index (Phi) is 27.8. The van der Waals surface area contributed by atoms with Gasteiger partial charge in [0.05, 0.1) is 119 Å². The lowest BCUT2D eigenvalue weighted by atomic mass is 10.2. The highest BCUT2D eigenvalue weighted by molar-refractivity contribution is 5.69. The van der Waals surface area contributed by atoms with Gasteiger partial charge >= 0.3 is 11.9 Å². The molecule has 0 saturated carbocycles. The molecule has 0 aliphatic heterocycles. The summed E-state index contributed by atoms with van der Waals surface area (Å²) in [5.41, 5.74) is 1.92. The molecular weight excluding hydrogens is 638 g/mol. The molecule has 0 unspecified atom stereocenters. The van der Waals surface area contributed by atoms with Crippen molar-refractivity contribution in [3.05, 3.63) is 71.8 Å². The van der Waals surface area contributed by atoms with Crippen molar-refractivity contribution in [1.82, 2.24) is 5.32 Å². The molecule has 0 spiro atoms. The summed E-state index contributed by atoms with van der Waals surface area (Å²) in [7, 11) is 0. The monoisotopic (exact) mass is 693 g/mol. The highest BCUT2D eigenvalue weighted by atomic mass is 16.6. The molecule has 0 heterocycles. The number of rotatable bonds is 34. The zero-order valence-corrected chi connectivity index (χ0v) is 28.7. The number of carbonyl (C=O) groups is 2. The number of hydrogen-bond donors (Lipinski definition) is 1. The van der Waals surface area contributed by atoms with E-state index in [2.05, 4.69) is 5.32 Å². The molecule has 2 aromatic rings. The van der Waals surface area contributed by atoms with E-state index >= 15 is 0 Å². The molecule has 0 radical (unpaired) electrons. The zero-order chi connectivity index (χ0) is 34.7. The van der Waals surface area contributed by atoms with E-state index in [1.54, 1.807) is 0 Å².